The molecule has 4 unspecified atom stereocenters. The third kappa shape index (κ3) is 31.9. The Bertz CT molecular complexity index is 1420. The second kappa shape index (κ2) is 35.8. The van der Waals surface area contributed by atoms with Crippen LogP contribution in [-0.2, 0) is 55.6 Å². The van der Waals surface area contributed by atoms with Crippen LogP contribution in [0.3, 0.4) is 0 Å². The van der Waals surface area contributed by atoms with Gasteiger partial charge in [0.25, 0.3) is 0 Å². The molecule has 66 heavy (non-hydrogen) atoms. The summed E-state index contributed by atoms with van der Waals surface area (Å²) in [7, 11) is -16.6. The van der Waals surface area contributed by atoms with E-state index in [-0.39, 0.29) is 12.8 Å². The van der Waals surface area contributed by atoms with Crippen molar-refractivity contribution in [1.29, 1.82) is 0 Å². The number of hydrogen-bond acceptors (Lipinski definition) is 15. The van der Waals surface area contributed by atoms with Crippen LogP contribution < -0.4 is 0 Å². The van der Waals surface area contributed by atoms with E-state index in [1.54, 1.807) is 0 Å². The van der Waals surface area contributed by atoms with Crippen LogP contribution in [0.25, 0.3) is 0 Å². The highest BCUT2D eigenvalue weighted by atomic mass is 31.2. The fourth-order valence-corrected chi connectivity index (χ4v) is 9.82. The predicted molar refractivity (Wildman–Crippen MR) is 244 cm³/mol. The zero-order valence-corrected chi connectivity index (χ0v) is 42.0. The largest absolute Gasteiger partial charge is 0.472 e. The first kappa shape index (κ1) is 62.8. The maximum absolute atomic E-state index is 13.1. The number of carbonyl (C=O) groups excluding carboxylic acids is 3. The first-order valence-electron chi connectivity index (χ1n) is 24.2. The van der Waals surface area contributed by atoms with Crippen LogP contribution in [0.4, 0.5) is 0 Å². The van der Waals surface area contributed by atoms with Gasteiger partial charge in [0.1, 0.15) is 49.0 Å². The molecule has 1 aliphatic rings. The van der Waals surface area contributed by atoms with Crippen LogP contribution in [0, 0.1) is 0 Å². The number of aliphatic hydroxyl groups is 3. The standard InChI is InChI=1S/C43H83O20P3/c1-3-5-6-7-8-9-10-11-14-18-21-24-27-31-37(46)60-35(32-58-36(45)30-26-23-20-17-15-12-13-16-19-22-25-29-34(44)28-4-2)33-59-66(56,57)63-43-39(48)41(61-64(50,51)52)38(47)42(40(43)49)62-65(53,54)55/h35,38-43,47-49H,3-33H2,1-2H3,(H,56,57)(H2,50,51,52)(H2,53,54,55)/t35-,38?,39-,40?,41-,42+,43?/m1/s1. The molecule has 1 fully saturated rings. The van der Waals surface area contributed by atoms with E-state index in [0.717, 1.165) is 103 Å². The lowest BCUT2D eigenvalue weighted by Crippen LogP contribution is -2.65. The predicted octanol–water partition coefficient (Wildman–Crippen LogP) is 7.92. The summed E-state index contributed by atoms with van der Waals surface area (Å²) < 4.78 is 65.5. The molecular weight excluding hydrogens is 929 g/mol. The minimum absolute atomic E-state index is 0.0124. The molecule has 0 amide bonds. The first-order chi connectivity index (χ1) is 31.2. The fraction of sp³-hybridized carbons (Fsp3) is 0.930. The van der Waals surface area contributed by atoms with Crippen molar-refractivity contribution in [3.05, 3.63) is 0 Å². The Balaban J connectivity index is 2.72. The normalized spacial score (nSPS) is 21.6. The molecule has 8 N–H and O–H groups in total. The van der Waals surface area contributed by atoms with Gasteiger partial charge in [-0.05, 0) is 25.7 Å². The molecule has 0 saturated heterocycles. The van der Waals surface area contributed by atoms with Crippen LogP contribution in [0.5, 0.6) is 0 Å². The lowest BCUT2D eigenvalue weighted by molar-refractivity contribution is -0.213. The number of hydrogen-bond donors (Lipinski definition) is 8. The van der Waals surface area contributed by atoms with Crippen LogP contribution in [0.2, 0.25) is 0 Å². The molecule has 1 aliphatic carbocycles. The number of ether oxygens (including phenoxy) is 2. The Morgan fingerprint density at radius 3 is 1.17 bits per heavy atom. The van der Waals surface area contributed by atoms with Gasteiger partial charge in [-0.3, -0.25) is 32.5 Å². The van der Waals surface area contributed by atoms with Crippen LogP contribution in [0.1, 0.15) is 200 Å². The highest BCUT2D eigenvalue weighted by Crippen LogP contribution is 2.51. The molecule has 0 radical (unpaired) electrons. The van der Waals surface area contributed by atoms with E-state index in [2.05, 4.69) is 16.0 Å². The van der Waals surface area contributed by atoms with Gasteiger partial charge >= 0.3 is 35.4 Å². The van der Waals surface area contributed by atoms with E-state index >= 15 is 0 Å². The summed E-state index contributed by atoms with van der Waals surface area (Å²) in [5.41, 5.74) is 0. The smallest absolute Gasteiger partial charge is 0.462 e. The van der Waals surface area contributed by atoms with E-state index < -0.39 is 91.3 Å². The van der Waals surface area contributed by atoms with Crippen molar-refractivity contribution in [3.63, 3.8) is 0 Å². The monoisotopic (exact) mass is 1010 g/mol. The van der Waals surface area contributed by atoms with Crippen molar-refractivity contribution >= 4 is 41.2 Å². The minimum Gasteiger partial charge on any atom is -0.462 e. The Hall–Kier alpha value is -1.18. The van der Waals surface area contributed by atoms with E-state index in [1.807, 2.05) is 6.92 Å². The summed E-state index contributed by atoms with van der Waals surface area (Å²) in [6.45, 7) is 2.69. The Kier molecular flexibility index (Phi) is 34.1. The second-order valence-electron chi connectivity index (χ2n) is 17.4. The van der Waals surface area contributed by atoms with Crippen molar-refractivity contribution in [2.45, 2.75) is 243 Å². The van der Waals surface area contributed by atoms with Crippen LogP contribution in [-0.4, -0.2) is 113 Å². The Labute approximate surface area is 391 Å². The number of phosphoric acid groups is 3. The summed E-state index contributed by atoms with van der Waals surface area (Å²) in [4.78, 5) is 84.9. The van der Waals surface area contributed by atoms with Gasteiger partial charge in [-0.15, -0.1) is 0 Å². The van der Waals surface area contributed by atoms with E-state index in [0.29, 0.717) is 31.5 Å². The fourth-order valence-electron chi connectivity index (χ4n) is 7.71. The molecule has 23 heteroatoms. The molecule has 0 aromatic carbocycles. The number of ketones is 1. The molecule has 390 valence electrons. The molecule has 0 aromatic rings. The van der Waals surface area contributed by atoms with E-state index in [1.165, 1.54) is 44.9 Å². The number of esters is 2. The SMILES string of the molecule is CCCCCCCCCCCCCCCC(=O)O[C@H](COC(=O)CCCCCCCCCCCCCC(=O)CCC)COP(=O)(O)OC1C(O)[C@@H](OP(=O)(O)O)C(O)[C@@H](OP(=O)(O)O)[C@H]1O. The summed E-state index contributed by atoms with van der Waals surface area (Å²) in [6, 6.07) is 0. The number of Topliss-reactive ketones (excluding diaryl/α,β-unsaturated/α-hetero) is 1. The number of unbranched alkanes of at least 4 members (excludes halogenated alkanes) is 22. The van der Waals surface area contributed by atoms with Gasteiger partial charge in [-0.25, -0.2) is 13.7 Å². The quantitative estimate of drug-likeness (QED) is 0.0163. The molecular formula is C43H83O20P3. The second-order valence-corrected chi connectivity index (χ2v) is 21.2. The van der Waals surface area contributed by atoms with Crippen molar-refractivity contribution in [1.82, 2.24) is 0 Å². The van der Waals surface area contributed by atoms with Crippen LogP contribution >= 0.6 is 23.5 Å². The lowest BCUT2D eigenvalue weighted by atomic mass is 9.85. The minimum atomic E-state index is -5.55. The topological polar surface area (TPSA) is 320 Å². The van der Waals surface area contributed by atoms with Crippen molar-refractivity contribution < 1.29 is 95.4 Å². The molecule has 0 heterocycles. The zero-order chi connectivity index (χ0) is 49.4. The van der Waals surface area contributed by atoms with Gasteiger partial charge in [0.05, 0.1) is 6.61 Å². The molecule has 20 nitrogen and oxygen atoms in total. The van der Waals surface area contributed by atoms with Crippen molar-refractivity contribution in [3.8, 4) is 0 Å². The van der Waals surface area contributed by atoms with E-state index in [9.17, 15) is 67.9 Å². The molecule has 0 bridgehead atoms. The van der Waals surface area contributed by atoms with Gasteiger partial charge in [-0.2, -0.15) is 0 Å². The Morgan fingerprint density at radius 2 is 0.788 bits per heavy atom. The van der Waals surface area contributed by atoms with Gasteiger partial charge < -0.3 is 49.3 Å². The molecule has 0 aromatic heterocycles. The van der Waals surface area contributed by atoms with Gasteiger partial charge in [0.15, 0.2) is 6.10 Å². The number of rotatable bonds is 42. The molecule has 8 atom stereocenters. The lowest BCUT2D eigenvalue weighted by Gasteiger charge is -2.44. The molecule has 0 spiro atoms. The van der Waals surface area contributed by atoms with Crippen LogP contribution in [0.15, 0.2) is 0 Å². The van der Waals surface area contributed by atoms with Crippen molar-refractivity contribution in [2.75, 3.05) is 13.2 Å². The summed E-state index contributed by atoms with van der Waals surface area (Å²) in [6.07, 6.45) is 11.0. The zero-order valence-electron chi connectivity index (χ0n) is 39.3. The average molecular weight is 1010 g/mol. The summed E-state index contributed by atoms with van der Waals surface area (Å²) in [5.74, 6) is -0.983. The molecule has 1 rings (SSSR count). The van der Waals surface area contributed by atoms with Crippen molar-refractivity contribution in [2.24, 2.45) is 0 Å². The van der Waals surface area contributed by atoms with E-state index in [4.69, 9.17) is 18.5 Å². The maximum Gasteiger partial charge on any atom is 0.472 e. The summed E-state index contributed by atoms with van der Waals surface area (Å²) in [5, 5.41) is 31.8. The average Bonchev–Trinajstić information content (AvgIpc) is 3.23. The highest BCUT2D eigenvalue weighted by molar-refractivity contribution is 7.47. The number of aliphatic hydroxyl groups excluding tert-OH is 3. The number of carbonyl (C=O) groups is 3. The summed E-state index contributed by atoms with van der Waals surface area (Å²) >= 11 is 0. The maximum atomic E-state index is 13.1. The Morgan fingerprint density at radius 1 is 0.439 bits per heavy atom. The highest BCUT2D eigenvalue weighted by Gasteiger charge is 2.56. The van der Waals surface area contributed by atoms with Gasteiger partial charge in [0, 0.05) is 25.7 Å². The van der Waals surface area contributed by atoms with Gasteiger partial charge in [0.2, 0.25) is 0 Å². The first-order valence-corrected chi connectivity index (χ1v) is 28.8. The van der Waals surface area contributed by atoms with Gasteiger partial charge in [-0.1, -0.05) is 149 Å². The molecule has 0 aliphatic heterocycles. The molecule has 1 saturated carbocycles. The number of phosphoric ester groups is 3. The third-order valence-corrected chi connectivity index (χ3v) is 13.3. The third-order valence-electron chi connectivity index (χ3n) is 11.3.